The number of aromatic nitrogens is 3. The molecule has 21 heavy (non-hydrogen) atoms. The van der Waals surface area contributed by atoms with E-state index in [1.54, 1.807) is 0 Å². The lowest BCUT2D eigenvalue weighted by Crippen LogP contribution is -2.16. The van der Waals surface area contributed by atoms with E-state index in [-0.39, 0.29) is 5.82 Å². The average Bonchev–Trinajstić information content (AvgIpc) is 2.45. The van der Waals surface area contributed by atoms with Gasteiger partial charge in [-0.1, -0.05) is 65.1 Å². The topological polar surface area (TPSA) is 41.9 Å². The quantitative estimate of drug-likeness (QED) is 0.796. The maximum absolute atomic E-state index is 5.82. The highest BCUT2D eigenvalue weighted by atomic mass is 35.6. The lowest BCUT2D eigenvalue weighted by atomic mass is 10.2. The van der Waals surface area contributed by atoms with Crippen LogP contribution in [0.15, 0.2) is 36.7 Å². The van der Waals surface area contributed by atoms with Crippen molar-refractivity contribution in [3.05, 3.63) is 53.9 Å². The van der Waals surface area contributed by atoms with Crippen molar-refractivity contribution in [3.63, 3.8) is 0 Å². The molecule has 1 aromatic heterocycles. The maximum atomic E-state index is 5.82. The van der Waals surface area contributed by atoms with E-state index in [1.807, 2.05) is 55.4 Å². The first kappa shape index (κ1) is 16.0. The molecule has 0 saturated heterocycles. The Kier molecular flexibility index (Phi) is 5.04. The Bertz CT molecular complexity index is 636. The van der Waals surface area contributed by atoms with Crippen LogP contribution in [0.25, 0.3) is 11.8 Å². The minimum atomic E-state index is -1.68. The molecule has 0 saturated carbocycles. The van der Waals surface area contributed by atoms with E-state index >= 15 is 0 Å². The second kappa shape index (κ2) is 6.60. The zero-order chi connectivity index (χ0) is 15.5. The van der Waals surface area contributed by atoms with Crippen molar-refractivity contribution >= 4 is 46.6 Å². The van der Waals surface area contributed by atoms with Crippen LogP contribution < -0.4 is 0 Å². The highest BCUT2D eigenvalue weighted by Crippen LogP contribution is 2.35. The van der Waals surface area contributed by atoms with E-state index < -0.39 is 3.79 Å². The lowest BCUT2D eigenvalue weighted by molar-refractivity contribution is 0.586. The summed E-state index contributed by atoms with van der Waals surface area (Å²) in [5, 5.41) is 0. The van der Waals surface area contributed by atoms with Crippen LogP contribution in [-0.2, 0) is 3.79 Å². The first-order chi connectivity index (χ1) is 9.88. The fourth-order valence-corrected chi connectivity index (χ4v) is 1.93. The van der Waals surface area contributed by atoms with Gasteiger partial charge in [-0.05, 0) is 11.6 Å². The highest BCUT2D eigenvalue weighted by molar-refractivity contribution is 6.66. The molecule has 0 aliphatic carbocycles. The molecule has 0 amide bonds. The minimum Gasteiger partial charge on any atom is -0.375 e. The second-order valence-electron chi connectivity index (χ2n) is 4.47. The van der Waals surface area contributed by atoms with E-state index in [0.717, 1.165) is 11.3 Å². The molecule has 0 N–H and O–H groups in total. The van der Waals surface area contributed by atoms with Crippen LogP contribution >= 0.6 is 34.8 Å². The SMILES string of the molecule is CN(C)C(=Cc1ccccc1)c1ncnc(C(Cl)(Cl)Cl)n1. The Morgan fingerprint density at radius 1 is 1.10 bits per heavy atom. The van der Waals surface area contributed by atoms with Crippen molar-refractivity contribution in [2.45, 2.75) is 3.79 Å². The summed E-state index contributed by atoms with van der Waals surface area (Å²) >= 11 is 17.5. The fraction of sp³-hybridized carbons (Fsp3) is 0.214. The zero-order valence-corrected chi connectivity index (χ0v) is 13.7. The predicted molar refractivity (Wildman–Crippen MR) is 87.1 cm³/mol. The van der Waals surface area contributed by atoms with E-state index in [9.17, 15) is 0 Å². The van der Waals surface area contributed by atoms with Gasteiger partial charge in [0.1, 0.15) is 6.33 Å². The summed E-state index contributed by atoms with van der Waals surface area (Å²) in [6, 6.07) is 9.84. The van der Waals surface area contributed by atoms with Crippen molar-refractivity contribution in [1.29, 1.82) is 0 Å². The summed E-state index contributed by atoms with van der Waals surface area (Å²) < 4.78 is -1.68. The molecule has 0 aliphatic rings. The smallest absolute Gasteiger partial charge is 0.250 e. The molecule has 1 heterocycles. The third-order valence-electron chi connectivity index (χ3n) is 2.64. The third kappa shape index (κ3) is 4.30. The molecule has 0 radical (unpaired) electrons. The molecule has 1 aromatic carbocycles. The summed E-state index contributed by atoms with van der Waals surface area (Å²) in [5.74, 6) is 0.540. The van der Waals surface area contributed by atoms with E-state index in [1.165, 1.54) is 6.33 Å². The fourth-order valence-electron chi connectivity index (χ4n) is 1.66. The van der Waals surface area contributed by atoms with E-state index in [4.69, 9.17) is 34.8 Å². The van der Waals surface area contributed by atoms with Gasteiger partial charge in [-0.15, -0.1) is 0 Å². The molecule has 0 aliphatic heterocycles. The monoisotopic (exact) mass is 342 g/mol. The summed E-state index contributed by atoms with van der Waals surface area (Å²) in [6.45, 7) is 0. The van der Waals surface area contributed by atoms with Gasteiger partial charge in [0.2, 0.25) is 3.79 Å². The predicted octanol–water partition coefficient (Wildman–Crippen LogP) is 3.76. The summed E-state index contributed by atoms with van der Waals surface area (Å²) in [7, 11) is 3.79. The molecular weight excluding hydrogens is 331 g/mol. The number of alkyl halides is 3. The Balaban J connectivity index is 2.47. The highest BCUT2D eigenvalue weighted by Gasteiger charge is 2.27. The zero-order valence-electron chi connectivity index (χ0n) is 11.5. The van der Waals surface area contributed by atoms with Gasteiger partial charge < -0.3 is 4.90 Å². The van der Waals surface area contributed by atoms with Crippen LogP contribution in [0, 0.1) is 0 Å². The molecule has 2 rings (SSSR count). The van der Waals surface area contributed by atoms with Crippen LogP contribution in [0.1, 0.15) is 17.2 Å². The van der Waals surface area contributed by atoms with Gasteiger partial charge in [0.25, 0.3) is 0 Å². The summed E-state index contributed by atoms with van der Waals surface area (Å²) in [5.41, 5.74) is 1.82. The first-order valence-electron chi connectivity index (χ1n) is 6.08. The first-order valence-corrected chi connectivity index (χ1v) is 7.22. The lowest BCUT2D eigenvalue weighted by Gasteiger charge is -2.17. The van der Waals surface area contributed by atoms with Crippen LogP contribution in [0.4, 0.5) is 0 Å². The van der Waals surface area contributed by atoms with Crippen molar-refractivity contribution in [1.82, 2.24) is 19.9 Å². The molecule has 110 valence electrons. The van der Waals surface area contributed by atoms with Gasteiger partial charge in [0, 0.05) is 14.1 Å². The van der Waals surface area contributed by atoms with Crippen molar-refractivity contribution in [3.8, 4) is 0 Å². The van der Waals surface area contributed by atoms with Crippen LogP contribution in [0.3, 0.4) is 0 Å². The Morgan fingerprint density at radius 3 is 2.33 bits per heavy atom. The minimum absolute atomic E-state index is 0.0957. The Morgan fingerprint density at radius 2 is 1.76 bits per heavy atom. The van der Waals surface area contributed by atoms with Crippen molar-refractivity contribution in [2.24, 2.45) is 0 Å². The van der Waals surface area contributed by atoms with Gasteiger partial charge in [-0.2, -0.15) is 0 Å². The number of halogens is 3. The number of hydrogen-bond acceptors (Lipinski definition) is 4. The number of rotatable bonds is 3. The second-order valence-corrected chi connectivity index (χ2v) is 6.75. The largest absolute Gasteiger partial charge is 0.375 e. The molecule has 2 aromatic rings. The van der Waals surface area contributed by atoms with Crippen LogP contribution in [-0.4, -0.2) is 33.9 Å². The van der Waals surface area contributed by atoms with Gasteiger partial charge in [0.15, 0.2) is 11.6 Å². The number of nitrogens with zero attached hydrogens (tertiary/aromatic N) is 4. The van der Waals surface area contributed by atoms with E-state index in [2.05, 4.69) is 15.0 Å². The molecule has 0 spiro atoms. The molecular formula is C14H13Cl3N4. The molecule has 0 bridgehead atoms. The number of benzene rings is 1. The molecule has 0 atom stereocenters. The van der Waals surface area contributed by atoms with Crippen LogP contribution in [0.5, 0.6) is 0 Å². The maximum Gasteiger partial charge on any atom is 0.250 e. The number of hydrogen-bond donors (Lipinski definition) is 0. The molecule has 0 fully saturated rings. The Hall–Kier alpha value is -1.36. The van der Waals surface area contributed by atoms with Gasteiger partial charge in [-0.25, -0.2) is 15.0 Å². The van der Waals surface area contributed by atoms with Crippen molar-refractivity contribution < 1.29 is 0 Å². The molecule has 4 nitrogen and oxygen atoms in total. The normalized spacial score (nSPS) is 12.3. The van der Waals surface area contributed by atoms with Gasteiger partial charge in [0.05, 0.1) is 5.70 Å². The average molecular weight is 344 g/mol. The standard InChI is InChI=1S/C14H13Cl3N4/c1-21(2)11(8-10-6-4-3-5-7-10)12-18-9-19-13(20-12)14(15,16)17/h3-9H,1-2H3. The van der Waals surface area contributed by atoms with E-state index in [0.29, 0.717) is 5.82 Å². The van der Waals surface area contributed by atoms with Gasteiger partial charge >= 0.3 is 0 Å². The third-order valence-corrected chi connectivity index (χ3v) is 3.15. The summed E-state index contributed by atoms with van der Waals surface area (Å²) in [4.78, 5) is 14.2. The van der Waals surface area contributed by atoms with Gasteiger partial charge in [-0.3, -0.25) is 0 Å². The molecule has 0 unspecified atom stereocenters. The van der Waals surface area contributed by atoms with Crippen LogP contribution in [0.2, 0.25) is 0 Å². The Labute approximate surface area is 138 Å². The molecule has 7 heteroatoms. The van der Waals surface area contributed by atoms with Crippen molar-refractivity contribution in [2.75, 3.05) is 14.1 Å². The summed E-state index contributed by atoms with van der Waals surface area (Å²) in [6.07, 6.45) is 3.29.